The first-order valence-electron chi connectivity index (χ1n) is 8.12. The molecule has 3 heteroatoms. The molecule has 2 aromatic rings. The SMILES string of the molecule is CCCc1ccc(OCCCc2cccc(C(=O)OC)c2)cc1. The first-order valence-corrected chi connectivity index (χ1v) is 8.12. The summed E-state index contributed by atoms with van der Waals surface area (Å²) in [7, 11) is 1.40. The van der Waals surface area contributed by atoms with E-state index in [0.717, 1.165) is 37.0 Å². The number of carbonyl (C=O) groups excluding carboxylic acids is 1. The minimum atomic E-state index is -0.296. The van der Waals surface area contributed by atoms with Gasteiger partial charge in [0.2, 0.25) is 0 Å². The molecule has 0 radical (unpaired) electrons. The number of benzene rings is 2. The second-order valence-electron chi connectivity index (χ2n) is 5.54. The van der Waals surface area contributed by atoms with E-state index in [4.69, 9.17) is 9.47 Å². The van der Waals surface area contributed by atoms with Crippen LogP contribution in [0.2, 0.25) is 0 Å². The number of aryl methyl sites for hydroxylation is 2. The van der Waals surface area contributed by atoms with E-state index in [2.05, 4.69) is 19.1 Å². The van der Waals surface area contributed by atoms with Gasteiger partial charge in [-0.05, 0) is 54.7 Å². The van der Waals surface area contributed by atoms with Gasteiger partial charge in [-0.2, -0.15) is 0 Å². The maximum Gasteiger partial charge on any atom is 0.337 e. The van der Waals surface area contributed by atoms with Gasteiger partial charge in [-0.1, -0.05) is 37.6 Å². The fourth-order valence-electron chi connectivity index (χ4n) is 2.48. The predicted molar refractivity (Wildman–Crippen MR) is 92.0 cm³/mol. The van der Waals surface area contributed by atoms with Crippen LogP contribution in [0.15, 0.2) is 48.5 Å². The largest absolute Gasteiger partial charge is 0.494 e. The molecule has 0 aliphatic heterocycles. The van der Waals surface area contributed by atoms with Crippen molar-refractivity contribution >= 4 is 5.97 Å². The molecule has 2 rings (SSSR count). The van der Waals surface area contributed by atoms with Gasteiger partial charge < -0.3 is 9.47 Å². The average molecular weight is 312 g/mol. The van der Waals surface area contributed by atoms with Crippen molar-refractivity contribution in [3.05, 3.63) is 65.2 Å². The van der Waals surface area contributed by atoms with Crippen molar-refractivity contribution in [3.63, 3.8) is 0 Å². The molecule has 0 atom stereocenters. The monoisotopic (exact) mass is 312 g/mol. The van der Waals surface area contributed by atoms with Crippen LogP contribution < -0.4 is 4.74 Å². The van der Waals surface area contributed by atoms with Crippen molar-refractivity contribution in [2.45, 2.75) is 32.6 Å². The van der Waals surface area contributed by atoms with Gasteiger partial charge in [0.25, 0.3) is 0 Å². The Morgan fingerprint density at radius 2 is 1.78 bits per heavy atom. The molecule has 0 aliphatic rings. The van der Waals surface area contributed by atoms with Gasteiger partial charge in [0.15, 0.2) is 0 Å². The van der Waals surface area contributed by atoms with Crippen molar-refractivity contribution in [1.82, 2.24) is 0 Å². The van der Waals surface area contributed by atoms with Gasteiger partial charge in [0.1, 0.15) is 5.75 Å². The lowest BCUT2D eigenvalue weighted by atomic mass is 10.1. The van der Waals surface area contributed by atoms with Crippen molar-refractivity contribution in [2.75, 3.05) is 13.7 Å². The molecule has 0 N–H and O–H groups in total. The van der Waals surface area contributed by atoms with Gasteiger partial charge in [0.05, 0.1) is 19.3 Å². The molecule has 0 saturated heterocycles. The van der Waals surface area contributed by atoms with Crippen LogP contribution in [-0.2, 0) is 17.6 Å². The van der Waals surface area contributed by atoms with Crippen LogP contribution in [0.5, 0.6) is 5.75 Å². The third-order valence-electron chi connectivity index (χ3n) is 3.69. The van der Waals surface area contributed by atoms with Crippen molar-refractivity contribution in [3.8, 4) is 5.75 Å². The molecule has 122 valence electrons. The lowest BCUT2D eigenvalue weighted by Gasteiger charge is -2.08. The number of hydrogen-bond donors (Lipinski definition) is 0. The second-order valence-corrected chi connectivity index (χ2v) is 5.54. The summed E-state index contributed by atoms with van der Waals surface area (Å²) in [4.78, 5) is 11.5. The minimum absolute atomic E-state index is 0.296. The maximum absolute atomic E-state index is 11.5. The van der Waals surface area contributed by atoms with Gasteiger partial charge in [-0.15, -0.1) is 0 Å². The van der Waals surface area contributed by atoms with Crippen molar-refractivity contribution in [2.24, 2.45) is 0 Å². The summed E-state index contributed by atoms with van der Waals surface area (Å²) >= 11 is 0. The van der Waals surface area contributed by atoms with Gasteiger partial charge >= 0.3 is 5.97 Å². The summed E-state index contributed by atoms with van der Waals surface area (Å²) in [5.41, 5.74) is 3.06. The molecule has 3 nitrogen and oxygen atoms in total. The Labute approximate surface area is 138 Å². The lowest BCUT2D eigenvalue weighted by molar-refractivity contribution is 0.0600. The first kappa shape index (κ1) is 17.1. The van der Waals surface area contributed by atoms with E-state index in [9.17, 15) is 4.79 Å². The highest BCUT2D eigenvalue weighted by Crippen LogP contribution is 2.14. The zero-order valence-corrected chi connectivity index (χ0v) is 13.9. The first-order chi connectivity index (χ1) is 11.2. The van der Waals surface area contributed by atoms with E-state index in [-0.39, 0.29) is 5.97 Å². The number of esters is 1. The number of ether oxygens (including phenoxy) is 2. The molecule has 0 bridgehead atoms. The standard InChI is InChI=1S/C20H24O3/c1-3-6-16-10-12-19(13-11-16)23-14-5-8-17-7-4-9-18(15-17)20(21)22-2/h4,7,9-13,15H,3,5-6,8,14H2,1-2H3. The zero-order chi connectivity index (χ0) is 16.5. The Morgan fingerprint density at radius 3 is 2.48 bits per heavy atom. The fraction of sp³-hybridized carbons (Fsp3) is 0.350. The van der Waals surface area contributed by atoms with Gasteiger partial charge in [0, 0.05) is 0 Å². The van der Waals surface area contributed by atoms with E-state index in [1.54, 1.807) is 6.07 Å². The van der Waals surface area contributed by atoms with E-state index in [0.29, 0.717) is 12.2 Å². The highest BCUT2D eigenvalue weighted by Gasteiger charge is 2.05. The van der Waals surface area contributed by atoms with Crippen LogP contribution >= 0.6 is 0 Å². The van der Waals surface area contributed by atoms with Gasteiger partial charge in [-0.25, -0.2) is 4.79 Å². The highest BCUT2D eigenvalue weighted by molar-refractivity contribution is 5.89. The van der Waals surface area contributed by atoms with Crippen LogP contribution in [0, 0.1) is 0 Å². The molecule has 2 aromatic carbocycles. The maximum atomic E-state index is 11.5. The summed E-state index contributed by atoms with van der Waals surface area (Å²) < 4.78 is 10.5. The molecular weight excluding hydrogens is 288 g/mol. The molecule has 0 aromatic heterocycles. The highest BCUT2D eigenvalue weighted by atomic mass is 16.5. The van der Waals surface area contributed by atoms with E-state index in [1.165, 1.54) is 12.7 Å². The normalized spacial score (nSPS) is 10.3. The molecule has 0 fully saturated rings. The quantitative estimate of drug-likeness (QED) is 0.534. The number of hydrogen-bond acceptors (Lipinski definition) is 3. The van der Waals surface area contributed by atoms with Crippen molar-refractivity contribution in [1.29, 1.82) is 0 Å². The molecular formula is C20H24O3. The van der Waals surface area contributed by atoms with Crippen molar-refractivity contribution < 1.29 is 14.3 Å². The molecule has 23 heavy (non-hydrogen) atoms. The molecule has 0 amide bonds. The Balaban J connectivity index is 1.78. The van der Waals surface area contributed by atoms with Crippen LogP contribution in [-0.4, -0.2) is 19.7 Å². The van der Waals surface area contributed by atoms with Crippen LogP contribution in [0.25, 0.3) is 0 Å². The number of carbonyl (C=O) groups is 1. The molecule has 0 unspecified atom stereocenters. The summed E-state index contributed by atoms with van der Waals surface area (Å²) in [5.74, 6) is 0.614. The predicted octanol–water partition coefficient (Wildman–Crippen LogP) is 4.44. The molecule has 0 heterocycles. The molecule has 0 spiro atoms. The van der Waals surface area contributed by atoms with E-state index < -0.39 is 0 Å². The Bertz CT molecular complexity index is 617. The third-order valence-corrected chi connectivity index (χ3v) is 3.69. The average Bonchev–Trinajstić information content (AvgIpc) is 2.60. The molecule has 0 saturated carbocycles. The third kappa shape index (κ3) is 5.44. The lowest BCUT2D eigenvalue weighted by Crippen LogP contribution is -2.03. The molecule has 0 aliphatic carbocycles. The van der Waals surface area contributed by atoms with E-state index >= 15 is 0 Å². The Kier molecular flexibility index (Phi) is 6.67. The summed E-state index contributed by atoms with van der Waals surface area (Å²) in [5, 5.41) is 0. The smallest absolute Gasteiger partial charge is 0.337 e. The Hall–Kier alpha value is -2.29. The second kappa shape index (κ2) is 8.99. The Morgan fingerprint density at radius 1 is 1.00 bits per heavy atom. The van der Waals surface area contributed by atoms with Crippen LogP contribution in [0.4, 0.5) is 0 Å². The summed E-state index contributed by atoms with van der Waals surface area (Å²) in [6.07, 6.45) is 4.04. The number of rotatable bonds is 8. The van der Waals surface area contributed by atoms with E-state index in [1.807, 2.05) is 30.3 Å². The topological polar surface area (TPSA) is 35.5 Å². The fourth-order valence-corrected chi connectivity index (χ4v) is 2.48. The number of methoxy groups -OCH3 is 1. The zero-order valence-electron chi connectivity index (χ0n) is 13.9. The summed E-state index contributed by atoms with van der Waals surface area (Å²) in [6, 6.07) is 15.9. The summed E-state index contributed by atoms with van der Waals surface area (Å²) in [6.45, 7) is 2.84. The van der Waals surface area contributed by atoms with Crippen LogP contribution in [0.3, 0.4) is 0 Å². The minimum Gasteiger partial charge on any atom is -0.494 e. The van der Waals surface area contributed by atoms with Crippen LogP contribution in [0.1, 0.15) is 41.3 Å². The van der Waals surface area contributed by atoms with Gasteiger partial charge in [-0.3, -0.25) is 0 Å².